The molecule has 1 aromatic carbocycles. The lowest BCUT2D eigenvalue weighted by atomic mass is 10.1. The van der Waals surface area contributed by atoms with Gasteiger partial charge in [-0.25, -0.2) is 9.97 Å². The molecule has 1 amide bonds. The maximum atomic E-state index is 12.6. The summed E-state index contributed by atoms with van der Waals surface area (Å²) in [6.45, 7) is 11.4. The number of benzene rings is 1. The van der Waals surface area contributed by atoms with E-state index in [4.69, 9.17) is 21.3 Å². The standard InChI is InChI=1S/C25H36ClN5O2S/c1-3-10-31(11-4-2)23-18-22(26)28-25(29-23)34-19-20-7-5-8-21(17-20)24(32)27-9-6-12-30-13-15-33-16-14-30/h5,7-8,17-18H,3-4,6,9-16,19H2,1-2H3,(H,27,32). The van der Waals surface area contributed by atoms with Crippen LogP contribution in [0.2, 0.25) is 5.15 Å². The first-order valence-corrected chi connectivity index (χ1v) is 13.5. The third kappa shape index (κ3) is 8.73. The third-order valence-electron chi connectivity index (χ3n) is 5.57. The smallest absolute Gasteiger partial charge is 0.251 e. The molecule has 0 bridgehead atoms. The van der Waals surface area contributed by atoms with Crippen molar-refractivity contribution in [1.29, 1.82) is 0 Å². The van der Waals surface area contributed by atoms with Crippen LogP contribution in [0.25, 0.3) is 0 Å². The Morgan fingerprint density at radius 3 is 2.68 bits per heavy atom. The molecule has 186 valence electrons. The number of nitrogens with zero attached hydrogens (tertiary/aromatic N) is 4. The highest BCUT2D eigenvalue weighted by Crippen LogP contribution is 2.25. The van der Waals surface area contributed by atoms with Crippen LogP contribution in [0.15, 0.2) is 35.5 Å². The fourth-order valence-corrected chi connectivity index (χ4v) is 4.90. The zero-order chi connectivity index (χ0) is 24.2. The molecule has 1 aliphatic heterocycles. The van der Waals surface area contributed by atoms with Crippen LogP contribution >= 0.6 is 23.4 Å². The molecule has 0 atom stereocenters. The van der Waals surface area contributed by atoms with Crippen molar-refractivity contribution in [3.05, 3.63) is 46.6 Å². The molecule has 34 heavy (non-hydrogen) atoms. The predicted octanol–water partition coefficient (Wildman–Crippen LogP) is 4.50. The topological polar surface area (TPSA) is 70.6 Å². The number of rotatable bonds is 13. The molecule has 0 aliphatic carbocycles. The fraction of sp³-hybridized carbons (Fsp3) is 0.560. The van der Waals surface area contributed by atoms with E-state index in [-0.39, 0.29) is 5.91 Å². The van der Waals surface area contributed by atoms with Crippen LogP contribution in [-0.2, 0) is 10.5 Å². The summed E-state index contributed by atoms with van der Waals surface area (Å²) in [6, 6.07) is 9.57. The third-order valence-corrected chi connectivity index (χ3v) is 6.68. The summed E-state index contributed by atoms with van der Waals surface area (Å²) in [5.41, 5.74) is 1.73. The van der Waals surface area contributed by atoms with E-state index in [1.807, 2.05) is 30.3 Å². The minimum absolute atomic E-state index is 0.0371. The highest BCUT2D eigenvalue weighted by atomic mass is 35.5. The Morgan fingerprint density at radius 1 is 1.18 bits per heavy atom. The summed E-state index contributed by atoms with van der Waals surface area (Å²) in [5.74, 6) is 1.50. The van der Waals surface area contributed by atoms with E-state index in [0.29, 0.717) is 28.2 Å². The summed E-state index contributed by atoms with van der Waals surface area (Å²) in [4.78, 5) is 26.4. The Hall–Kier alpha value is -1.87. The van der Waals surface area contributed by atoms with Crippen LogP contribution in [0.4, 0.5) is 5.82 Å². The molecule has 9 heteroatoms. The SMILES string of the molecule is CCCN(CCC)c1cc(Cl)nc(SCc2cccc(C(=O)NCCCN3CCOCC3)c2)n1. The first-order chi connectivity index (χ1) is 16.6. The van der Waals surface area contributed by atoms with Crippen molar-refractivity contribution in [3.8, 4) is 0 Å². The van der Waals surface area contributed by atoms with E-state index < -0.39 is 0 Å². The summed E-state index contributed by atoms with van der Waals surface area (Å²) in [6.07, 6.45) is 3.03. The summed E-state index contributed by atoms with van der Waals surface area (Å²) < 4.78 is 5.37. The Bertz CT molecular complexity index is 905. The van der Waals surface area contributed by atoms with Crippen LogP contribution < -0.4 is 10.2 Å². The number of nitrogens with one attached hydrogen (secondary N) is 1. The fourth-order valence-electron chi connectivity index (χ4n) is 3.87. The number of hydrogen-bond donors (Lipinski definition) is 1. The molecule has 3 rings (SSSR count). The van der Waals surface area contributed by atoms with Gasteiger partial charge >= 0.3 is 0 Å². The molecule has 1 aliphatic rings. The van der Waals surface area contributed by atoms with Crippen LogP contribution in [-0.4, -0.2) is 73.3 Å². The van der Waals surface area contributed by atoms with E-state index in [1.165, 1.54) is 11.8 Å². The zero-order valence-electron chi connectivity index (χ0n) is 20.3. The van der Waals surface area contributed by atoms with E-state index in [1.54, 1.807) is 0 Å². The first-order valence-electron chi connectivity index (χ1n) is 12.2. The number of thioether (sulfide) groups is 1. The summed E-state index contributed by atoms with van der Waals surface area (Å²) in [7, 11) is 0. The van der Waals surface area contributed by atoms with Gasteiger partial charge < -0.3 is 15.0 Å². The number of carbonyl (C=O) groups excluding carboxylic acids is 1. The van der Waals surface area contributed by atoms with Crippen LogP contribution in [0.1, 0.15) is 49.0 Å². The lowest BCUT2D eigenvalue weighted by Crippen LogP contribution is -2.38. The second-order valence-electron chi connectivity index (χ2n) is 8.37. The van der Waals surface area contributed by atoms with Crippen LogP contribution in [0.3, 0.4) is 0 Å². The molecule has 0 radical (unpaired) electrons. The van der Waals surface area contributed by atoms with Gasteiger partial charge in [0, 0.05) is 50.1 Å². The van der Waals surface area contributed by atoms with E-state index in [9.17, 15) is 4.79 Å². The molecule has 0 unspecified atom stereocenters. The van der Waals surface area contributed by atoms with Gasteiger partial charge in [-0.05, 0) is 43.5 Å². The number of morpholine rings is 1. The Labute approximate surface area is 212 Å². The highest BCUT2D eigenvalue weighted by Gasteiger charge is 2.13. The van der Waals surface area contributed by atoms with Crippen molar-refractivity contribution in [3.63, 3.8) is 0 Å². The van der Waals surface area contributed by atoms with Gasteiger partial charge in [-0.15, -0.1) is 0 Å². The van der Waals surface area contributed by atoms with Crippen molar-refractivity contribution in [1.82, 2.24) is 20.2 Å². The van der Waals surface area contributed by atoms with Gasteiger partial charge in [0.2, 0.25) is 0 Å². The summed E-state index contributed by atoms with van der Waals surface area (Å²) in [5, 5.41) is 4.14. The maximum Gasteiger partial charge on any atom is 0.251 e. The van der Waals surface area contributed by atoms with E-state index in [2.05, 4.69) is 33.9 Å². The second-order valence-corrected chi connectivity index (χ2v) is 9.70. The number of hydrogen-bond acceptors (Lipinski definition) is 7. The predicted molar refractivity (Wildman–Crippen MR) is 140 cm³/mol. The minimum atomic E-state index is -0.0371. The number of aromatic nitrogens is 2. The van der Waals surface area contributed by atoms with E-state index in [0.717, 1.165) is 76.6 Å². The molecule has 7 nitrogen and oxygen atoms in total. The van der Waals surface area contributed by atoms with Gasteiger partial charge in [0.25, 0.3) is 5.91 Å². The highest BCUT2D eigenvalue weighted by molar-refractivity contribution is 7.98. The van der Waals surface area contributed by atoms with Crippen molar-refractivity contribution in [2.75, 3.05) is 57.4 Å². The number of carbonyl (C=O) groups is 1. The minimum Gasteiger partial charge on any atom is -0.379 e. The van der Waals surface area contributed by atoms with Crippen molar-refractivity contribution in [2.45, 2.75) is 44.0 Å². The van der Waals surface area contributed by atoms with Gasteiger partial charge in [0.1, 0.15) is 11.0 Å². The second kappa shape index (κ2) is 14.5. The quantitative estimate of drug-likeness (QED) is 0.186. The molecule has 2 aromatic rings. The first kappa shape index (κ1) is 26.7. The number of amides is 1. The van der Waals surface area contributed by atoms with Gasteiger partial charge in [0.05, 0.1) is 13.2 Å². The molecule has 0 saturated carbocycles. The summed E-state index contributed by atoms with van der Waals surface area (Å²) >= 11 is 7.83. The Kier molecular flexibility index (Phi) is 11.4. The average Bonchev–Trinajstić information content (AvgIpc) is 2.85. The van der Waals surface area contributed by atoms with Gasteiger partial charge in [0.15, 0.2) is 5.16 Å². The lowest BCUT2D eigenvalue weighted by molar-refractivity contribution is 0.0374. The molecular weight excluding hydrogens is 470 g/mol. The van der Waals surface area contributed by atoms with Crippen molar-refractivity contribution in [2.24, 2.45) is 0 Å². The zero-order valence-corrected chi connectivity index (χ0v) is 21.8. The Balaban J connectivity index is 1.52. The van der Waals surface area contributed by atoms with Gasteiger partial charge in [-0.2, -0.15) is 0 Å². The average molecular weight is 506 g/mol. The maximum absolute atomic E-state index is 12.6. The molecule has 2 heterocycles. The normalized spacial score (nSPS) is 14.2. The van der Waals surface area contributed by atoms with Crippen LogP contribution in [0, 0.1) is 0 Å². The van der Waals surface area contributed by atoms with Crippen LogP contribution in [0.5, 0.6) is 0 Å². The molecule has 1 saturated heterocycles. The monoisotopic (exact) mass is 505 g/mol. The van der Waals surface area contributed by atoms with E-state index >= 15 is 0 Å². The van der Waals surface area contributed by atoms with Crippen molar-refractivity contribution < 1.29 is 9.53 Å². The molecule has 0 spiro atoms. The molecule has 1 N–H and O–H groups in total. The van der Waals surface area contributed by atoms with Crippen molar-refractivity contribution >= 4 is 35.1 Å². The molecule has 1 fully saturated rings. The largest absolute Gasteiger partial charge is 0.379 e. The number of anilines is 1. The Morgan fingerprint density at radius 2 is 1.94 bits per heavy atom. The number of halogens is 1. The molecular formula is C25H36ClN5O2S. The van der Waals surface area contributed by atoms with Gasteiger partial charge in [-0.1, -0.05) is 49.3 Å². The lowest BCUT2D eigenvalue weighted by Gasteiger charge is -2.26. The molecule has 1 aromatic heterocycles. The van der Waals surface area contributed by atoms with Gasteiger partial charge in [-0.3, -0.25) is 9.69 Å². The number of ether oxygens (including phenoxy) is 1.